The van der Waals surface area contributed by atoms with Crippen LogP contribution in [0.25, 0.3) is 0 Å². The molecule has 1 heterocycles. The van der Waals surface area contributed by atoms with Crippen LogP contribution in [0, 0.1) is 0 Å². The minimum Gasteiger partial charge on any atom is -0.340 e. The van der Waals surface area contributed by atoms with Crippen LogP contribution in [0.5, 0.6) is 0 Å². The first-order valence-electron chi connectivity index (χ1n) is 6.18. The first-order chi connectivity index (χ1) is 7.15. The van der Waals surface area contributed by atoms with Crippen LogP contribution in [-0.4, -0.2) is 36.0 Å². The number of carbonyl (C=O) groups excluding carboxylic acids is 1. The molecule has 3 heteroatoms. The largest absolute Gasteiger partial charge is 0.340 e. The Morgan fingerprint density at radius 1 is 1.47 bits per heavy atom. The lowest BCUT2D eigenvalue weighted by molar-refractivity contribution is -0.129. The summed E-state index contributed by atoms with van der Waals surface area (Å²) in [6.07, 6.45) is 3.97. The number of rotatable bonds is 6. The fraction of sp³-hybridized carbons (Fsp3) is 0.917. The zero-order valence-electron chi connectivity index (χ0n) is 10.3. The molecule has 1 aliphatic heterocycles. The molecule has 0 saturated carbocycles. The Hall–Kier alpha value is -0.570. The van der Waals surface area contributed by atoms with Gasteiger partial charge in [-0.05, 0) is 25.8 Å². The van der Waals surface area contributed by atoms with E-state index in [0.717, 1.165) is 38.8 Å². The Morgan fingerprint density at radius 3 is 2.67 bits per heavy atom. The van der Waals surface area contributed by atoms with Crippen molar-refractivity contribution in [3.63, 3.8) is 0 Å². The summed E-state index contributed by atoms with van der Waals surface area (Å²) in [5.74, 6) is 0.353. The average molecular weight is 212 g/mol. The minimum atomic E-state index is 0.353. The molecule has 0 aliphatic carbocycles. The maximum atomic E-state index is 11.6. The molecule has 0 spiro atoms. The number of carbonyl (C=O) groups is 1. The first kappa shape index (κ1) is 12.5. The first-order valence-corrected chi connectivity index (χ1v) is 6.18. The quantitative estimate of drug-likeness (QED) is 0.728. The highest BCUT2D eigenvalue weighted by molar-refractivity contribution is 5.78. The second-order valence-electron chi connectivity index (χ2n) is 4.65. The maximum absolute atomic E-state index is 11.6. The van der Waals surface area contributed by atoms with Crippen LogP contribution in [-0.2, 0) is 4.79 Å². The van der Waals surface area contributed by atoms with E-state index in [2.05, 4.69) is 31.0 Å². The van der Waals surface area contributed by atoms with E-state index in [9.17, 15) is 4.79 Å². The van der Waals surface area contributed by atoms with E-state index >= 15 is 0 Å². The van der Waals surface area contributed by atoms with Gasteiger partial charge in [-0.2, -0.15) is 0 Å². The number of nitrogens with one attached hydrogen (secondary N) is 1. The molecular formula is C12H24N2O. The summed E-state index contributed by atoms with van der Waals surface area (Å²) in [5.41, 5.74) is 0. The summed E-state index contributed by atoms with van der Waals surface area (Å²) in [5, 5.41) is 3.41. The van der Waals surface area contributed by atoms with E-state index < -0.39 is 0 Å². The summed E-state index contributed by atoms with van der Waals surface area (Å²) >= 11 is 0. The van der Waals surface area contributed by atoms with Gasteiger partial charge in [-0.15, -0.1) is 0 Å². The fourth-order valence-corrected chi connectivity index (χ4v) is 2.17. The molecule has 1 atom stereocenters. The van der Waals surface area contributed by atoms with Crippen LogP contribution in [0.15, 0.2) is 0 Å². The summed E-state index contributed by atoms with van der Waals surface area (Å²) in [4.78, 5) is 13.6. The predicted molar refractivity (Wildman–Crippen MR) is 62.8 cm³/mol. The molecule has 0 radical (unpaired) electrons. The second-order valence-corrected chi connectivity index (χ2v) is 4.65. The van der Waals surface area contributed by atoms with Crippen molar-refractivity contribution in [2.75, 3.05) is 13.1 Å². The minimum absolute atomic E-state index is 0.353. The van der Waals surface area contributed by atoms with Crippen LogP contribution < -0.4 is 5.32 Å². The molecular weight excluding hydrogens is 188 g/mol. The van der Waals surface area contributed by atoms with Crippen LogP contribution in [0.1, 0.15) is 46.5 Å². The molecule has 1 aliphatic rings. The monoisotopic (exact) mass is 212 g/mol. The van der Waals surface area contributed by atoms with Crippen molar-refractivity contribution in [2.24, 2.45) is 0 Å². The van der Waals surface area contributed by atoms with Crippen molar-refractivity contribution < 1.29 is 4.79 Å². The van der Waals surface area contributed by atoms with Crippen molar-refractivity contribution in [1.82, 2.24) is 10.2 Å². The third-order valence-corrected chi connectivity index (χ3v) is 3.05. The van der Waals surface area contributed by atoms with Gasteiger partial charge in [0.25, 0.3) is 0 Å². The maximum Gasteiger partial charge on any atom is 0.222 e. The van der Waals surface area contributed by atoms with Crippen molar-refractivity contribution in [2.45, 2.75) is 58.5 Å². The lowest BCUT2D eigenvalue weighted by Gasteiger charge is -2.27. The van der Waals surface area contributed by atoms with Gasteiger partial charge >= 0.3 is 0 Å². The molecule has 1 amide bonds. The molecule has 1 saturated heterocycles. The SMILES string of the molecule is CCC(CCNC(C)C)N1CCCC1=O. The van der Waals surface area contributed by atoms with E-state index in [0.29, 0.717) is 18.0 Å². The average Bonchev–Trinajstić information content (AvgIpc) is 2.59. The molecule has 88 valence electrons. The summed E-state index contributed by atoms with van der Waals surface area (Å²) < 4.78 is 0. The van der Waals surface area contributed by atoms with Crippen molar-refractivity contribution in [3.05, 3.63) is 0 Å². The number of amides is 1. The Morgan fingerprint density at radius 2 is 2.20 bits per heavy atom. The molecule has 0 bridgehead atoms. The fourth-order valence-electron chi connectivity index (χ4n) is 2.17. The van der Waals surface area contributed by atoms with Crippen molar-refractivity contribution in [1.29, 1.82) is 0 Å². The van der Waals surface area contributed by atoms with Gasteiger partial charge < -0.3 is 10.2 Å². The number of likely N-dealkylation sites (tertiary alicyclic amines) is 1. The Balaban J connectivity index is 2.31. The number of hydrogen-bond donors (Lipinski definition) is 1. The molecule has 3 nitrogen and oxygen atoms in total. The molecule has 0 aromatic carbocycles. The molecule has 1 unspecified atom stereocenters. The summed E-state index contributed by atoms with van der Waals surface area (Å²) in [6.45, 7) is 8.47. The molecule has 15 heavy (non-hydrogen) atoms. The lowest BCUT2D eigenvalue weighted by Crippen LogP contribution is -2.38. The van der Waals surface area contributed by atoms with Crippen molar-refractivity contribution >= 4 is 5.91 Å². The number of nitrogens with zero attached hydrogens (tertiary/aromatic N) is 1. The second kappa shape index (κ2) is 6.11. The van der Waals surface area contributed by atoms with Gasteiger partial charge in [-0.3, -0.25) is 4.79 Å². The zero-order chi connectivity index (χ0) is 11.3. The highest BCUT2D eigenvalue weighted by Gasteiger charge is 2.26. The van der Waals surface area contributed by atoms with Crippen LogP contribution in [0.3, 0.4) is 0 Å². The third-order valence-electron chi connectivity index (χ3n) is 3.05. The highest BCUT2D eigenvalue weighted by Crippen LogP contribution is 2.17. The van der Waals surface area contributed by atoms with Gasteiger partial charge in [0.2, 0.25) is 5.91 Å². The van der Waals surface area contributed by atoms with E-state index in [4.69, 9.17) is 0 Å². The van der Waals surface area contributed by atoms with E-state index in [1.165, 1.54) is 0 Å². The van der Waals surface area contributed by atoms with Crippen molar-refractivity contribution in [3.8, 4) is 0 Å². The third kappa shape index (κ3) is 3.82. The van der Waals surface area contributed by atoms with Gasteiger partial charge in [0.05, 0.1) is 0 Å². The smallest absolute Gasteiger partial charge is 0.222 e. The van der Waals surface area contributed by atoms with Gasteiger partial charge in [0.1, 0.15) is 0 Å². The predicted octanol–water partition coefficient (Wildman–Crippen LogP) is 1.78. The van der Waals surface area contributed by atoms with Gasteiger partial charge in [0.15, 0.2) is 0 Å². The normalized spacial score (nSPS) is 18.9. The van der Waals surface area contributed by atoms with E-state index in [1.807, 2.05) is 0 Å². The van der Waals surface area contributed by atoms with Gasteiger partial charge in [0, 0.05) is 25.0 Å². The van der Waals surface area contributed by atoms with E-state index in [-0.39, 0.29) is 0 Å². The Kier molecular flexibility index (Phi) is 5.09. The lowest BCUT2D eigenvalue weighted by atomic mass is 10.1. The number of hydrogen-bond acceptors (Lipinski definition) is 2. The molecule has 1 N–H and O–H groups in total. The van der Waals surface area contributed by atoms with Gasteiger partial charge in [-0.1, -0.05) is 20.8 Å². The van der Waals surface area contributed by atoms with Crippen LogP contribution in [0.2, 0.25) is 0 Å². The van der Waals surface area contributed by atoms with E-state index in [1.54, 1.807) is 0 Å². The molecule has 1 fully saturated rings. The topological polar surface area (TPSA) is 32.3 Å². The Bertz CT molecular complexity index is 204. The standard InChI is InChI=1S/C12H24N2O/c1-4-11(7-8-13-10(2)3)14-9-5-6-12(14)15/h10-11,13H,4-9H2,1-3H3. The zero-order valence-corrected chi connectivity index (χ0v) is 10.3. The molecule has 0 aromatic heterocycles. The summed E-state index contributed by atoms with van der Waals surface area (Å²) in [7, 11) is 0. The Labute approximate surface area is 93.2 Å². The molecule has 0 aromatic rings. The van der Waals surface area contributed by atoms with Gasteiger partial charge in [-0.25, -0.2) is 0 Å². The molecule has 1 rings (SSSR count). The highest BCUT2D eigenvalue weighted by atomic mass is 16.2. The van der Waals surface area contributed by atoms with Crippen LogP contribution in [0.4, 0.5) is 0 Å². The van der Waals surface area contributed by atoms with Crippen LogP contribution >= 0.6 is 0 Å². The summed E-state index contributed by atoms with van der Waals surface area (Å²) in [6, 6.07) is 0.989.